The van der Waals surface area contributed by atoms with Gasteiger partial charge in [-0.3, -0.25) is 14.5 Å². The first-order valence-electron chi connectivity index (χ1n) is 8.51. The van der Waals surface area contributed by atoms with Crippen LogP contribution < -0.4 is 10.6 Å². The molecule has 1 heterocycles. The van der Waals surface area contributed by atoms with Crippen LogP contribution in [0, 0.1) is 17.2 Å². The first kappa shape index (κ1) is 18.2. The van der Waals surface area contributed by atoms with Gasteiger partial charge in [0.05, 0.1) is 10.6 Å². The largest absolute Gasteiger partial charge is 0.325 e. The highest BCUT2D eigenvalue weighted by molar-refractivity contribution is 6.32. The summed E-state index contributed by atoms with van der Waals surface area (Å²) in [5.74, 6) is -0.796. The molecule has 26 heavy (non-hydrogen) atoms. The van der Waals surface area contributed by atoms with Gasteiger partial charge in [0.15, 0.2) is 0 Å². The van der Waals surface area contributed by atoms with Crippen LogP contribution in [0.1, 0.15) is 38.2 Å². The number of nitriles is 1. The molecule has 136 valence electrons. The summed E-state index contributed by atoms with van der Waals surface area (Å²) in [4.78, 5) is 38.4. The highest BCUT2D eigenvalue weighted by atomic mass is 35.5. The number of rotatable bonds is 3. The molecule has 3 rings (SSSR count). The number of halogens is 1. The SMILES string of the molecule is C[C@@H]1CCCC[C@]12NC(=O)N(CC(=O)Nc1ccc(C#N)c(Cl)c1)C2=O. The molecule has 1 spiro atoms. The molecule has 2 N–H and O–H groups in total. The predicted molar refractivity (Wildman–Crippen MR) is 95.4 cm³/mol. The van der Waals surface area contributed by atoms with Crippen LogP contribution in [0.3, 0.4) is 0 Å². The Hall–Kier alpha value is -2.59. The van der Waals surface area contributed by atoms with Crippen molar-refractivity contribution in [2.24, 2.45) is 5.92 Å². The third kappa shape index (κ3) is 3.13. The second-order valence-electron chi connectivity index (χ2n) is 6.79. The molecule has 1 saturated heterocycles. The lowest BCUT2D eigenvalue weighted by molar-refractivity contribution is -0.136. The summed E-state index contributed by atoms with van der Waals surface area (Å²) < 4.78 is 0. The molecule has 1 aliphatic carbocycles. The average Bonchev–Trinajstić information content (AvgIpc) is 2.83. The Labute approximate surface area is 156 Å². The van der Waals surface area contributed by atoms with Gasteiger partial charge >= 0.3 is 6.03 Å². The third-order valence-electron chi connectivity index (χ3n) is 5.18. The Morgan fingerprint density at radius 2 is 2.23 bits per heavy atom. The van der Waals surface area contributed by atoms with Gasteiger partial charge in [0.25, 0.3) is 5.91 Å². The number of anilines is 1. The monoisotopic (exact) mass is 374 g/mol. The zero-order chi connectivity index (χ0) is 18.9. The lowest BCUT2D eigenvalue weighted by atomic mass is 9.73. The quantitative estimate of drug-likeness (QED) is 0.794. The lowest BCUT2D eigenvalue weighted by Gasteiger charge is -2.36. The highest BCUT2D eigenvalue weighted by Crippen LogP contribution is 2.38. The summed E-state index contributed by atoms with van der Waals surface area (Å²) >= 11 is 5.94. The first-order chi connectivity index (χ1) is 12.4. The van der Waals surface area contributed by atoms with Gasteiger partial charge in [-0.2, -0.15) is 5.26 Å². The minimum Gasteiger partial charge on any atom is -0.324 e. The van der Waals surface area contributed by atoms with Gasteiger partial charge in [0.1, 0.15) is 18.2 Å². The fraction of sp³-hybridized carbons (Fsp3) is 0.444. The van der Waals surface area contributed by atoms with E-state index < -0.39 is 17.5 Å². The van der Waals surface area contributed by atoms with Crippen molar-refractivity contribution in [1.82, 2.24) is 10.2 Å². The Bertz CT molecular complexity index is 819. The van der Waals surface area contributed by atoms with Gasteiger partial charge in [-0.25, -0.2) is 4.79 Å². The highest BCUT2D eigenvalue weighted by Gasteiger charge is 2.55. The van der Waals surface area contributed by atoms with Gasteiger partial charge in [-0.05, 0) is 37.0 Å². The number of nitrogens with one attached hydrogen (secondary N) is 2. The van der Waals surface area contributed by atoms with Crippen molar-refractivity contribution in [3.05, 3.63) is 28.8 Å². The summed E-state index contributed by atoms with van der Waals surface area (Å²) in [5.41, 5.74) is -0.188. The van der Waals surface area contributed by atoms with Gasteiger partial charge < -0.3 is 10.6 Å². The van der Waals surface area contributed by atoms with Crippen molar-refractivity contribution in [3.63, 3.8) is 0 Å². The molecule has 1 aliphatic heterocycles. The van der Waals surface area contributed by atoms with Crippen molar-refractivity contribution < 1.29 is 14.4 Å². The number of hydrogen-bond acceptors (Lipinski definition) is 4. The normalized spacial score (nSPS) is 25.1. The molecule has 0 unspecified atom stereocenters. The second kappa shape index (κ2) is 6.96. The summed E-state index contributed by atoms with van der Waals surface area (Å²) in [6.07, 6.45) is 3.38. The fourth-order valence-corrected chi connectivity index (χ4v) is 3.89. The molecule has 1 aromatic rings. The molecule has 2 aliphatic rings. The fourth-order valence-electron chi connectivity index (χ4n) is 3.67. The number of benzene rings is 1. The van der Waals surface area contributed by atoms with Crippen molar-refractivity contribution in [3.8, 4) is 6.07 Å². The van der Waals surface area contributed by atoms with Crippen LogP contribution in [0.5, 0.6) is 0 Å². The third-order valence-corrected chi connectivity index (χ3v) is 5.49. The van der Waals surface area contributed by atoms with E-state index >= 15 is 0 Å². The first-order valence-corrected chi connectivity index (χ1v) is 8.89. The molecule has 8 heteroatoms. The summed E-state index contributed by atoms with van der Waals surface area (Å²) in [7, 11) is 0. The van der Waals surface area contributed by atoms with Crippen LogP contribution in [0.25, 0.3) is 0 Å². The topological polar surface area (TPSA) is 102 Å². The second-order valence-corrected chi connectivity index (χ2v) is 7.20. The Balaban J connectivity index is 1.69. The Kier molecular flexibility index (Phi) is 4.88. The lowest BCUT2D eigenvalue weighted by Crippen LogP contribution is -2.54. The number of carbonyl (C=O) groups is 3. The van der Waals surface area contributed by atoms with Gasteiger partial charge in [-0.1, -0.05) is 31.4 Å². The van der Waals surface area contributed by atoms with Crippen molar-refractivity contribution >= 4 is 35.1 Å². The van der Waals surface area contributed by atoms with Crippen LogP contribution in [-0.2, 0) is 9.59 Å². The van der Waals surface area contributed by atoms with Crippen molar-refractivity contribution in [2.75, 3.05) is 11.9 Å². The van der Waals surface area contributed by atoms with Crippen LogP contribution in [0.15, 0.2) is 18.2 Å². The van der Waals surface area contributed by atoms with E-state index in [0.717, 1.165) is 24.2 Å². The van der Waals surface area contributed by atoms with Crippen LogP contribution in [0.2, 0.25) is 5.02 Å². The zero-order valence-corrected chi connectivity index (χ0v) is 15.1. The number of carbonyl (C=O) groups excluding carboxylic acids is 3. The molecular formula is C18H19ClN4O3. The minimum atomic E-state index is -0.882. The molecule has 0 aromatic heterocycles. The molecule has 1 saturated carbocycles. The van der Waals surface area contributed by atoms with E-state index in [1.165, 1.54) is 12.1 Å². The van der Waals surface area contributed by atoms with Crippen molar-refractivity contribution in [1.29, 1.82) is 5.26 Å². The smallest absolute Gasteiger partial charge is 0.324 e. The van der Waals surface area contributed by atoms with Gasteiger partial charge in [0.2, 0.25) is 5.91 Å². The predicted octanol–water partition coefficient (Wildman–Crippen LogP) is 2.65. The number of hydrogen-bond donors (Lipinski definition) is 2. The van der Waals surface area contributed by atoms with Crippen LogP contribution in [-0.4, -0.2) is 34.8 Å². The molecule has 2 atom stereocenters. The standard InChI is InChI=1S/C18H19ClN4O3/c1-11-4-2-3-7-18(11)16(25)23(17(26)22-18)10-15(24)21-13-6-5-12(9-20)14(19)8-13/h5-6,8,11H,2-4,7,10H2,1H3,(H,21,24)(H,22,26)/t11-,18+/m1/s1. The maximum absolute atomic E-state index is 12.8. The molecular weight excluding hydrogens is 356 g/mol. The summed E-state index contributed by atoms with van der Waals surface area (Å²) in [5, 5.41) is 14.5. The maximum atomic E-state index is 12.8. The van der Waals surface area contributed by atoms with E-state index in [1.807, 2.05) is 13.0 Å². The summed E-state index contributed by atoms with van der Waals surface area (Å²) in [6.45, 7) is 1.59. The molecule has 1 aromatic carbocycles. The van der Waals surface area contributed by atoms with E-state index in [4.69, 9.17) is 16.9 Å². The van der Waals surface area contributed by atoms with Crippen LogP contribution in [0.4, 0.5) is 10.5 Å². The molecule has 4 amide bonds. The van der Waals surface area contributed by atoms with Gasteiger partial charge in [-0.15, -0.1) is 0 Å². The van der Waals surface area contributed by atoms with Gasteiger partial charge in [0, 0.05) is 5.69 Å². The Morgan fingerprint density at radius 1 is 1.46 bits per heavy atom. The number of imide groups is 1. The van der Waals surface area contributed by atoms with Crippen LogP contribution >= 0.6 is 11.6 Å². The van der Waals surface area contributed by atoms with E-state index in [0.29, 0.717) is 17.7 Å². The molecule has 2 fully saturated rings. The Morgan fingerprint density at radius 3 is 2.88 bits per heavy atom. The van der Waals surface area contributed by atoms with E-state index in [-0.39, 0.29) is 23.4 Å². The number of nitrogens with zero attached hydrogens (tertiary/aromatic N) is 2. The molecule has 7 nitrogen and oxygen atoms in total. The maximum Gasteiger partial charge on any atom is 0.325 e. The zero-order valence-electron chi connectivity index (χ0n) is 14.3. The number of amides is 4. The van der Waals surface area contributed by atoms with E-state index in [9.17, 15) is 14.4 Å². The molecule has 0 radical (unpaired) electrons. The summed E-state index contributed by atoms with van der Waals surface area (Å²) in [6, 6.07) is 5.89. The van der Waals surface area contributed by atoms with Crippen molar-refractivity contribution in [2.45, 2.75) is 38.1 Å². The number of urea groups is 1. The van der Waals surface area contributed by atoms with E-state index in [1.54, 1.807) is 6.07 Å². The average molecular weight is 375 g/mol. The molecule has 0 bridgehead atoms. The van der Waals surface area contributed by atoms with E-state index in [2.05, 4.69) is 10.6 Å². The minimum absolute atomic E-state index is 0.0399.